The Morgan fingerprint density at radius 2 is 2.09 bits per heavy atom. The molecule has 1 aliphatic rings. The molecule has 3 heterocycles. The maximum atomic E-state index is 10.5. The molecule has 1 aliphatic heterocycles. The minimum Gasteiger partial charge on any atom is -0.382 e. The number of anilines is 1. The molecule has 0 aliphatic carbocycles. The van der Waals surface area contributed by atoms with Gasteiger partial charge >= 0.3 is 0 Å². The van der Waals surface area contributed by atoms with E-state index in [9.17, 15) is 10.2 Å². The van der Waals surface area contributed by atoms with Gasteiger partial charge in [0.1, 0.15) is 24.2 Å². The minimum absolute atomic E-state index is 0.259. The molecular weight excluding hydrogens is 302 g/mol. The van der Waals surface area contributed by atoms with Gasteiger partial charge < -0.3 is 20.7 Å². The molecule has 10 nitrogen and oxygen atoms in total. The number of nitrogens with two attached hydrogens (primary N) is 1. The van der Waals surface area contributed by atoms with E-state index in [1.807, 2.05) is 6.92 Å². The van der Waals surface area contributed by atoms with E-state index >= 15 is 0 Å². The van der Waals surface area contributed by atoms with E-state index < -0.39 is 24.8 Å². The lowest BCUT2D eigenvalue weighted by Crippen LogP contribution is -2.62. The lowest BCUT2D eigenvalue weighted by Gasteiger charge is -2.45. The molecule has 0 bridgehead atoms. The topological polar surface area (TPSA) is 135 Å². The molecular formula is C13H21N7O3. The smallest absolute Gasteiger partial charge is 0.178 e. The van der Waals surface area contributed by atoms with Crippen molar-refractivity contribution < 1.29 is 14.9 Å². The molecule has 0 radical (unpaired) electrons. The molecule has 1 fully saturated rings. The Morgan fingerprint density at radius 3 is 2.78 bits per heavy atom. The maximum Gasteiger partial charge on any atom is 0.178 e. The summed E-state index contributed by atoms with van der Waals surface area (Å²) in [7, 11) is 1.63. The molecule has 2 aromatic rings. The number of nitrogens with zero attached hydrogens (tertiary/aromatic N) is 5. The van der Waals surface area contributed by atoms with Gasteiger partial charge in [-0.25, -0.2) is 15.0 Å². The van der Waals surface area contributed by atoms with Gasteiger partial charge in [0.2, 0.25) is 0 Å². The largest absolute Gasteiger partial charge is 0.382 e. The van der Waals surface area contributed by atoms with E-state index in [1.165, 1.54) is 17.7 Å². The highest BCUT2D eigenvalue weighted by Gasteiger charge is 2.43. The number of nitrogens with one attached hydrogen (secondary N) is 1. The lowest BCUT2D eigenvalue weighted by molar-refractivity contribution is -0.297. The van der Waals surface area contributed by atoms with Gasteiger partial charge in [0.05, 0.1) is 6.33 Å². The van der Waals surface area contributed by atoms with Crippen LogP contribution in [0.25, 0.3) is 11.2 Å². The Labute approximate surface area is 132 Å². The van der Waals surface area contributed by atoms with Crippen LogP contribution in [0.5, 0.6) is 0 Å². The lowest BCUT2D eigenvalue weighted by atomic mass is 10.1. The summed E-state index contributed by atoms with van der Waals surface area (Å²) >= 11 is 0. The van der Waals surface area contributed by atoms with Crippen LogP contribution in [-0.2, 0) is 4.74 Å². The molecule has 2 aromatic heterocycles. The number of rotatable bonds is 4. The Bertz CT molecular complexity index is 679. The van der Waals surface area contributed by atoms with Gasteiger partial charge in [-0.1, -0.05) is 13.3 Å². The van der Waals surface area contributed by atoms with Crippen molar-refractivity contribution >= 4 is 17.0 Å². The number of aromatic nitrogens is 4. The van der Waals surface area contributed by atoms with Gasteiger partial charge in [-0.15, -0.1) is 0 Å². The van der Waals surface area contributed by atoms with Crippen molar-refractivity contribution in [2.45, 2.75) is 44.6 Å². The van der Waals surface area contributed by atoms with E-state index in [1.54, 1.807) is 11.6 Å². The summed E-state index contributed by atoms with van der Waals surface area (Å²) in [6.07, 6.45) is 0.975. The van der Waals surface area contributed by atoms with E-state index in [2.05, 4.69) is 20.4 Å². The quantitative estimate of drug-likeness (QED) is 0.569. The van der Waals surface area contributed by atoms with Crippen molar-refractivity contribution in [2.24, 2.45) is 0 Å². The first kappa shape index (κ1) is 16.0. The number of hydrogen-bond acceptors (Lipinski definition) is 9. The maximum absolute atomic E-state index is 10.5. The molecule has 5 N–H and O–H groups in total. The number of ether oxygens (including phenoxy) is 1. The van der Waals surface area contributed by atoms with Crippen LogP contribution in [0.2, 0.25) is 0 Å². The Morgan fingerprint density at radius 1 is 1.30 bits per heavy atom. The van der Waals surface area contributed by atoms with E-state index in [0.29, 0.717) is 17.6 Å². The molecule has 4 atom stereocenters. The molecule has 10 heteroatoms. The van der Waals surface area contributed by atoms with Crippen LogP contribution < -0.4 is 11.2 Å². The summed E-state index contributed by atoms with van der Waals surface area (Å²) in [5.74, 6) is 0.259. The third-order valence-electron chi connectivity index (χ3n) is 3.96. The van der Waals surface area contributed by atoms with Crippen LogP contribution in [0, 0.1) is 0 Å². The molecule has 0 aromatic carbocycles. The SMILES string of the molecule is CCC[C@H]1O[C@@H](n2cnc3c(N)ncnc32)C(O)N(NC)C1O. The summed E-state index contributed by atoms with van der Waals surface area (Å²) < 4.78 is 7.51. The molecule has 126 valence electrons. The van der Waals surface area contributed by atoms with Crippen LogP contribution in [0.3, 0.4) is 0 Å². The van der Waals surface area contributed by atoms with Crippen molar-refractivity contribution in [1.29, 1.82) is 0 Å². The molecule has 1 saturated heterocycles. The number of hydrogen-bond donors (Lipinski definition) is 4. The summed E-state index contributed by atoms with van der Waals surface area (Å²) in [4.78, 5) is 12.3. The zero-order valence-corrected chi connectivity index (χ0v) is 13.0. The minimum atomic E-state index is -1.13. The molecule has 3 rings (SSSR count). The van der Waals surface area contributed by atoms with E-state index in [-0.39, 0.29) is 5.82 Å². The van der Waals surface area contributed by atoms with E-state index in [4.69, 9.17) is 10.5 Å². The number of hydrazine groups is 1. The third-order valence-corrected chi connectivity index (χ3v) is 3.96. The van der Waals surface area contributed by atoms with Gasteiger partial charge in [0, 0.05) is 0 Å². The zero-order chi connectivity index (χ0) is 16.6. The summed E-state index contributed by atoms with van der Waals surface area (Å²) in [6.45, 7) is 2.00. The second kappa shape index (κ2) is 6.34. The molecule has 23 heavy (non-hydrogen) atoms. The van der Waals surface area contributed by atoms with Crippen LogP contribution in [0.1, 0.15) is 26.0 Å². The normalized spacial score (nSPS) is 29.2. The van der Waals surface area contributed by atoms with Gasteiger partial charge in [0.25, 0.3) is 0 Å². The third kappa shape index (κ3) is 2.64. The number of nitrogen functional groups attached to an aromatic ring is 1. The van der Waals surface area contributed by atoms with Gasteiger partial charge in [0.15, 0.2) is 23.9 Å². The highest BCUT2D eigenvalue weighted by Crippen LogP contribution is 2.31. The first-order chi connectivity index (χ1) is 11.1. The summed E-state index contributed by atoms with van der Waals surface area (Å²) in [6, 6.07) is 0. The van der Waals surface area contributed by atoms with Gasteiger partial charge in [-0.2, -0.15) is 5.01 Å². The van der Waals surface area contributed by atoms with Crippen LogP contribution in [-0.4, -0.2) is 60.3 Å². The number of imidazole rings is 1. The standard InChI is InChI=1S/C13H21N7O3/c1-3-4-7-11(21)20(15-2)12(22)13(23-7)19-6-18-8-9(14)16-5-17-10(8)19/h5-7,11-13,15,21-22H,3-4H2,1-2H3,(H2,14,16,17)/t7-,11?,12?,13-/m1/s1. The van der Waals surface area contributed by atoms with Crippen LogP contribution >= 0.6 is 0 Å². The number of aliphatic hydroxyl groups is 2. The molecule has 2 unspecified atom stereocenters. The van der Waals surface area contributed by atoms with Crippen molar-refractivity contribution in [3.05, 3.63) is 12.7 Å². The highest BCUT2D eigenvalue weighted by molar-refractivity contribution is 5.81. The molecule has 0 amide bonds. The monoisotopic (exact) mass is 323 g/mol. The number of aliphatic hydroxyl groups excluding tert-OH is 2. The average Bonchev–Trinajstić information content (AvgIpc) is 2.96. The van der Waals surface area contributed by atoms with Crippen molar-refractivity contribution in [3.8, 4) is 0 Å². The Balaban J connectivity index is 2.00. The Hall–Kier alpha value is -1.85. The summed E-state index contributed by atoms with van der Waals surface area (Å²) in [5.41, 5.74) is 9.50. The van der Waals surface area contributed by atoms with Crippen molar-refractivity contribution in [1.82, 2.24) is 30.0 Å². The fourth-order valence-electron chi connectivity index (χ4n) is 2.82. The second-order valence-electron chi connectivity index (χ2n) is 5.39. The van der Waals surface area contributed by atoms with Crippen LogP contribution in [0.15, 0.2) is 12.7 Å². The second-order valence-corrected chi connectivity index (χ2v) is 5.39. The first-order valence-electron chi connectivity index (χ1n) is 7.48. The fourth-order valence-corrected chi connectivity index (χ4v) is 2.82. The Kier molecular flexibility index (Phi) is 4.41. The number of fused-ring (bicyclic) bond motifs is 1. The summed E-state index contributed by atoms with van der Waals surface area (Å²) in [5, 5.41) is 22.2. The molecule has 0 saturated carbocycles. The fraction of sp³-hybridized carbons (Fsp3) is 0.615. The van der Waals surface area contributed by atoms with E-state index in [0.717, 1.165) is 6.42 Å². The highest BCUT2D eigenvalue weighted by atomic mass is 16.6. The van der Waals surface area contributed by atoms with Crippen LogP contribution in [0.4, 0.5) is 5.82 Å². The first-order valence-corrected chi connectivity index (χ1v) is 7.48. The predicted molar refractivity (Wildman–Crippen MR) is 81.5 cm³/mol. The zero-order valence-electron chi connectivity index (χ0n) is 13.0. The van der Waals surface area contributed by atoms with Gasteiger partial charge in [-0.05, 0) is 13.5 Å². The predicted octanol–water partition coefficient (Wildman–Crippen LogP) is -0.821. The molecule has 0 spiro atoms. The average molecular weight is 323 g/mol. The van der Waals surface area contributed by atoms with Gasteiger partial charge in [-0.3, -0.25) is 9.99 Å². The number of morpholine rings is 1. The van der Waals surface area contributed by atoms with Crippen molar-refractivity contribution in [2.75, 3.05) is 12.8 Å². The van der Waals surface area contributed by atoms with Crippen molar-refractivity contribution in [3.63, 3.8) is 0 Å².